The van der Waals surface area contributed by atoms with Crippen molar-refractivity contribution in [2.45, 2.75) is 52.4 Å². The maximum atomic E-state index is 3.60. The molecule has 0 aromatic carbocycles. The van der Waals surface area contributed by atoms with Crippen LogP contribution in [-0.4, -0.2) is 0 Å². The molecule has 0 saturated carbocycles. The van der Waals surface area contributed by atoms with Gasteiger partial charge in [0, 0.05) is 0 Å². The maximum Gasteiger partial charge on any atom is 4.00 e. The van der Waals surface area contributed by atoms with Gasteiger partial charge in [-0.3, -0.25) is 12.2 Å². The molecule has 0 fully saturated rings. The van der Waals surface area contributed by atoms with Crippen molar-refractivity contribution in [3.8, 4) is 0 Å². The maximum absolute atomic E-state index is 3.60. The standard InChI is InChI=1S/2C5H5.2C4H9.Fe/c2*1-2-4-5-3-1;2*1-3-4-2;/h2*1-3H,4H2;2*1,3-4H2,2H3;/q4*-1;+4. The minimum absolute atomic E-state index is 0. The molecule has 2 rings (SSSR count). The average molecular weight is 300 g/mol. The van der Waals surface area contributed by atoms with Gasteiger partial charge in [0.15, 0.2) is 0 Å². The van der Waals surface area contributed by atoms with Gasteiger partial charge in [-0.05, 0) is 0 Å². The first-order valence-corrected chi connectivity index (χ1v) is 6.85. The molecule has 0 aromatic rings. The van der Waals surface area contributed by atoms with E-state index in [0.717, 1.165) is 25.7 Å². The molecule has 0 spiro atoms. The minimum atomic E-state index is 0. The summed E-state index contributed by atoms with van der Waals surface area (Å²) in [7, 11) is 0. The van der Waals surface area contributed by atoms with Crippen LogP contribution in [0.15, 0.2) is 36.5 Å². The topological polar surface area (TPSA) is 0 Å². The molecule has 0 aliphatic heterocycles. The number of hydrogen-bond donors (Lipinski definition) is 0. The summed E-state index contributed by atoms with van der Waals surface area (Å²) in [6, 6.07) is 0. The Morgan fingerprint density at radius 2 is 1.16 bits per heavy atom. The van der Waals surface area contributed by atoms with Crippen LogP contribution in [0.2, 0.25) is 0 Å². The van der Waals surface area contributed by atoms with Crippen molar-refractivity contribution in [3.05, 3.63) is 62.5 Å². The van der Waals surface area contributed by atoms with E-state index in [2.05, 4.69) is 52.0 Å². The van der Waals surface area contributed by atoms with Gasteiger partial charge in [-0.1, -0.05) is 26.7 Å². The molecule has 0 radical (unpaired) electrons. The average Bonchev–Trinajstić information content (AvgIpc) is 3.14. The second-order valence-corrected chi connectivity index (χ2v) is 3.71. The molecule has 0 bridgehead atoms. The number of allylic oxidation sites excluding steroid dienone is 8. The van der Waals surface area contributed by atoms with E-state index in [1.807, 2.05) is 24.3 Å². The Kier molecular flexibility index (Phi) is 32.4. The molecule has 108 valence electrons. The first kappa shape index (κ1) is 23.6. The first-order chi connectivity index (χ1) is 8.83. The molecule has 0 saturated heterocycles. The molecule has 0 heterocycles. The normalized spacial score (nSPS) is 12.4. The Morgan fingerprint density at radius 1 is 0.842 bits per heavy atom. The summed E-state index contributed by atoms with van der Waals surface area (Å²) < 4.78 is 0. The van der Waals surface area contributed by atoms with E-state index < -0.39 is 0 Å². The molecule has 2 aliphatic carbocycles. The van der Waals surface area contributed by atoms with Gasteiger partial charge in [0.2, 0.25) is 0 Å². The van der Waals surface area contributed by atoms with E-state index in [1.165, 1.54) is 12.8 Å². The van der Waals surface area contributed by atoms with Crippen LogP contribution in [0.25, 0.3) is 0 Å². The van der Waals surface area contributed by atoms with Crippen LogP contribution < -0.4 is 0 Å². The molecule has 0 N–H and O–H groups in total. The molecular formula is C18H28Fe. The van der Waals surface area contributed by atoms with Crippen LogP contribution in [0.5, 0.6) is 0 Å². The second kappa shape index (κ2) is 26.1. The number of hydrogen-bond acceptors (Lipinski definition) is 0. The van der Waals surface area contributed by atoms with Gasteiger partial charge < -0.3 is 13.8 Å². The van der Waals surface area contributed by atoms with Gasteiger partial charge >= 0.3 is 17.1 Å². The van der Waals surface area contributed by atoms with Crippen LogP contribution in [-0.2, 0) is 17.1 Å². The fourth-order valence-electron chi connectivity index (χ4n) is 0.680. The molecule has 0 amide bonds. The van der Waals surface area contributed by atoms with Crippen molar-refractivity contribution in [1.29, 1.82) is 0 Å². The van der Waals surface area contributed by atoms with E-state index in [0.29, 0.717) is 0 Å². The molecular weight excluding hydrogens is 272 g/mol. The van der Waals surface area contributed by atoms with Crippen molar-refractivity contribution in [1.82, 2.24) is 0 Å². The van der Waals surface area contributed by atoms with Gasteiger partial charge in [-0.15, -0.1) is 12.8 Å². The third kappa shape index (κ3) is 31.8. The zero-order valence-electron chi connectivity index (χ0n) is 12.5. The minimum Gasteiger partial charge on any atom is -0.343 e. The van der Waals surface area contributed by atoms with Crippen molar-refractivity contribution in [3.63, 3.8) is 0 Å². The molecule has 0 aromatic heterocycles. The third-order valence-corrected chi connectivity index (χ3v) is 1.88. The summed E-state index contributed by atoms with van der Waals surface area (Å²) in [6.07, 6.45) is 24.6. The van der Waals surface area contributed by atoms with Gasteiger partial charge in [-0.2, -0.15) is 25.0 Å². The van der Waals surface area contributed by atoms with E-state index in [9.17, 15) is 0 Å². The Bertz CT molecular complexity index is 184. The fraction of sp³-hybridized carbons (Fsp3) is 0.444. The molecule has 0 atom stereocenters. The van der Waals surface area contributed by atoms with Gasteiger partial charge in [0.05, 0.1) is 0 Å². The summed E-state index contributed by atoms with van der Waals surface area (Å²) >= 11 is 0. The van der Waals surface area contributed by atoms with E-state index in [4.69, 9.17) is 0 Å². The van der Waals surface area contributed by atoms with Crippen molar-refractivity contribution >= 4 is 0 Å². The van der Waals surface area contributed by atoms with Crippen LogP contribution >= 0.6 is 0 Å². The van der Waals surface area contributed by atoms with Crippen LogP contribution in [0.4, 0.5) is 0 Å². The van der Waals surface area contributed by atoms with Crippen LogP contribution in [0.3, 0.4) is 0 Å². The molecule has 0 unspecified atom stereocenters. The monoisotopic (exact) mass is 300 g/mol. The predicted molar refractivity (Wildman–Crippen MR) is 83.7 cm³/mol. The smallest absolute Gasteiger partial charge is 0.343 e. The van der Waals surface area contributed by atoms with Gasteiger partial charge in [0.1, 0.15) is 0 Å². The van der Waals surface area contributed by atoms with Crippen LogP contribution in [0, 0.1) is 26.0 Å². The Labute approximate surface area is 132 Å². The zero-order chi connectivity index (χ0) is 13.9. The fourth-order valence-corrected chi connectivity index (χ4v) is 0.680. The summed E-state index contributed by atoms with van der Waals surface area (Å²) in [4.78, 5) is 0. The summed E-state index contributed by atoms with van der Waals surface area (Å²) in [6.45, 7) is 11.4. The Morgan fingerprint density at radius 3 is 1.21 bits per heavy atom. The van der Waals surface area contributed by atoms with Crippen molar-refractivity contribution in [2.75, 3.05) is 0 Å². The zero-order valence-corrected chi connectivity index (χ0v) is 13.6. The number of unbranched alkanes of at least 4 members (excludes halogenated alkanes) is 2. The number of rotatable bonds is 2. The largest absolute Gasteiger partial charge is 4.00 e. The summed E-state index contributed by atoms with van der Waals surface area (Å²) in [5.41, 5.74) is 0. The van der Waals surface area contributed by atoms with Crippen molar-refractivity contribution < 1.29 is 17.1 Å². The predicted octanol–water partition coefficient (Wildman–Crippen LogP) is 5.85. The van der Waals surface area contributed by atoms with E-state index >= 15 is 0 Å². The van der Waals surface area contributed by atoms with E-state index in [1.54, 1.807) is 0 Å². The molecule has 2 aliphatic rings. The second-order valence-electron chi connectivity index (χ2n) is 3.71. The van der Waals surface area contributed by atoms with Gasteiger partial charge in [-0.25, -0.2) is 24.3 Å². The molecule has 0 nitrogen and oxygen atoms in total. The quantitative estimate of drug-likeness (QED) is 0.443. The summed E-state index contributed by atoms with van der Waals surface area (Å²) in [5, 5.41) is 0. The van der Waals surface area contributed by atoms with E-state index in [-0.39, 0.29) is 17.1 Å². The molecule has 1 heteroatoms. The van der Waals surface area contributed by atoms with Gasteiger partial charge in [0.25, 0.3) is 0 Å². The SMILES string of the molecule is [C-]1=CC=CC1.[C-]1=CC=CC1.[CH2-]CCC.[CH2-]CCC.[Fe+4]. The third-order valence-electron chi connectivity index (χ3n) is 1.88. The first-order valence-electron chi connectivity index (χ1n) is 6.85. The van der Waals surface area contributed by atoms with Crippen LogP contribution in [0.1, 0.15) is 52.4 Å². The molecule has 19 heavy (non-hydrogen) atoms. The summed E-state index contributed by atoms with van der Waals surface area (Å²) in [5.74, 6) is 0. The Balaban J connectivity index is -0.000000178. The Hall–Kier alpha value is -0.521. The van der Waals surface area contributed by atoms with Crippen molar-refractivity contribution in [2.24, 2.45) is 0 Å².